The lowest BCUT2D eigenvalue weighted by Gasteiger charge is -2.31. The normalized spacial score (nSPS) is 11.8. The first-order valence-corrected chi connectivity index (χ1v) is 13.9. The molecule has 0 heterocycles. The van der Waals surface area contributed by atoms with Gasteiger partial charge < -0.3 is 15.0 Å². The lowest BCUT2D eigenvalue weighted by atomic mass is 10.1. The van der Waals surface area contributed by atoms with Crippen LogP contribution in [0.25, 0.3) is 0 Å². The van der Waals surface area contributed by atoms with Crippen molar-refractivity contribution in [3.05, 3.63) is 93.0 Å². The fourth-order valence-corrected chi connectivity index (χ4v) is 5.49. The zero-order chi connectivity index (χ0) is 29.6. The Morgan fingerprint density at radius 2 is 1.70 bits per heavy atom. The maximum absolute atomic E-state index is 13.9. The molecule has 13 heteroatoms. The number of benzene rings is 3. The highest BCUT2D eigenvalue weighted by atomic mass is 35.5. The number of methoxy groups -OCH3 is 1. The number of anilines is 1. The van der Waals surface area contributed by atoms with Crippen LogP contribution in [0.15, 0.2) is 71.6 Å². The minimum Gasteiger partial charge on any atom is -0.497 e. The highest BCUT2D eigenvalue weighted by molar-refractivity contribution is 7.92. The second-order valence-corrected chi connectivity index (χ2v) is 11.2. The summed E-state index contributed by atoms with van der Waals surface area (Å²) in [5.74, 6) is -0.668. The number of hydrogen-bond acceptors (Lipinski definition) is 7. The van der Waals surface area contributed by atoms with Gasteiger partial charge in [-0.3, -0.25) is 24.0 Å². The number of nitrogens with one attached hydrogen (secondary N) is 1. The van der Waals surface area contributed by atoms with Crippen molar-refractivity contribution < 1.29 is 27.7 Å². The Morgan fingerprint density at radius 3 is 2.25 bits per heavy atom. The number of hydrogen-bond donors (Lipinski definition) is 1. The van der Waals surface area contributed by atoms with Gasteiger partial charge in [0.25, 0.3) is 15.7 Å². The summed E-state index contributed by atoms with van der Waals surface area (Å²) in [5, 5.41) is 14.5. The van der Waals surface area contributed by atoms with Crippen LogP contribution in [0.3, 0.4) is 0 Å². The van der Waals surface area contributed by atoms with Gasteiger partial charge in [0.2, 0.25) is 11.8 Å². The fraction of sp³-hybridized carbons (Fsp3) is 0.259. The molecule has 0 fully saturated rings. The molecule has 212 valence electrons. The number of nitro benzene ring substituents is 1. The Balaban J connectivity index is 2.09. The summed E-state index contributed by atoms with van der Waals surface area (Å²) >= 11 is 5.98. The molecule has 0 aliphatic rings. The number of sulfonamides is 1. The number of halogens is 1. The van der Waals surface area contributed by atoms with Crippen molar-refractivity contribution in [2.24, 2.45) is 0 Å². The first kappa shape index (κ1) is 30.4. The molecule has 40 heavy (non-hydrogen) atoms. The van der Waals surface area contributed by atoms with E-state index in [1.54, 1.807) is 24.3 Å². The number of likely N-dealkylation sites (N-methyl/N-ethyl adjacent to an activating group) is 1. The lowest BCUT2D eigenvalue weighted by Crippen LogP contribution is -2.50. The van der Waals surface area contributed by atoms with Crippen molar-refractivity contribution in [3.8, 4) is 5.75 Å². The highest BCUT2D eigenvalue weighted by Gasteiger charge is 2.33. The van der Waals surface area contributed by atoms with Crippen molar-refractivity contribution in [2.45, 2.75) is 31.3 Å². The Hall–Kier alpha value is -4.16. The number of rotatable bonds is 11. The van der Waals surface area contributed by atoms with Gasteiger partial charge in [0.1, 0.15) is 18.3 Å². The molecule has 0 saturated heterocycles. The summed E-state index contributed by atoms with van der Waals surface area (Å²) in [5.41, 5.74) is 0.696. The summed E-state index contributed by atoms with van der Waals surface area (Å²) in [7, 11) is -1.60. The van der Waals surface area contributed by atoms with E-state index in [0.29, 0.717) is 16.3 Å². The second kappa shape index (κ2) is 12.8. The molecule has 0 aromatic heterocycles. The molecule has 0 saturated carbocycles. The van der Waals surface area contributed by atoms with Crippen LogP contribution in [0.4, 0.5) is 11.4 Å². The average Bonchev–Trinajstić information content (AvgIpc) is 2.94. The molecule has 0 aliphatic heterocycles. The van der Waals surface area contributed by atoms with Crippen molar-refractivity contribution in [3.63, 3.8) is 0 Å². The molecule has 1 atom stereocenters. The maximum Gasteiger partial charge on any atom is 0.273 e. The Kier molecular flexibility index (Phi) is 9.72. The van der Waals surface area contributed by atoms with Gasteiger partial charge in [-0.25, -0.2) is 8.42 Å². The third kappa shape index (κ3) is 6.88. The van der Waals surface area contributed by atoms with Crippen LogP contribution in [-0.4, -0.2) is 56.8 Å². The Labute approximate surface area is 237 Å². The number of nitrogens with zero attached hydrogens (tertiary/aromatic N) is 3. The van der Waals surface area contributed by atoms with E-state index in [1.165, 1.54) is 69.3 Å². The van der Waals surface area contributed by atoms with Crippen LogP contribution in [-0.2, 0) is 26.2 Å². The molecular formula is C27H29ClN4O7S. The van der Waals surface area contributed by atoms with Crippen LogP contribution >= 0.6 is 11.6 Å². The monoisotopic (exact) mass is 588 g/mol. The van der Waals surface area contributed by atoms with E-state index in [9.17, 15) is 28.1 Å². The van der Waals surface area contributed by atoms with E-state index < -0.39 is 39.3 Å². The Bertz CT molecular complexity index is 1500. The van der Waals surface area contributed by atoms with E-state index in [0.717, 1.165) is 10.4 Å². The average molecular weight is 589 g/mol. The molecule has 11 nitrogen and oxygen atoms in total. The van der Waals surface area contributed by atoms with E-state index >= 15 is 0 Å². The SMILES string of the molecule is CNC(=O)[C@@H](C)N(Cc1ccc(Cl)cc1)C(=O)CN(c1ccc(OC)cc1)S(=O)(=O)c1ccc(C)c([N+](=O)[O-])c1. The highest BCUT2D eigenvalue weighted by Crippen LogP contribution is 2.29. The molecule has 3 aromatic rings. The summed E-state index contributed by atoms with van der Waals surface area (Å²) < 4.78 is 33.8. The van der Waals surface area contributed by atoms with Crippen molar-refractivity contribution in [1.82, 2.24) is 10.2 Å². The van der Waals surface area contributed by atoms with E-state index in [-0.39, 0.29) is 28.4 Å². The minimum atomic E-state index is -4.48. The molecule has 2 amide bonds. The number of carbonyl (C=O) groups excluding carboxylic acids is 2. The van der Waals surface area contributed by atoms with Gasteiger partial charge in [-0.15, -0.1) is 0 Å². The number of carbonyl (C=O) groups is 2. The summed E-state index contributed by atoms with van der Waals surface area (Å²) in [6, 6.07) is 15.2. The van der Waals surface area contributed by atoms with Crippen LogP contribution < -0.4 is 14.4 Å². The van der Waals surface area contributed by atoms with Gasteiger partial charge in [-0.05, 0) is 61.9 Å². The van der Waals surface area contributed by atoms with Crippen molar-refractivity contribution in [1.29, 1.82) is 0 Å². The number of nitro groups is 1. The number of aryl methyl sites for hydroxylation is 1. The molecule has 3 aromatic carbocycles. The maximum atomic E-state index is 13.9. The second-order valence-electron chi connectivity index (χ2n) is 8.85. The third-order valence-corrected chi connectivity index (χ3v) is 8.31. The molecular weight excluding hydrogens is 560 g/mol. The van der Waals surface area contributed by atoms with Gasteiger partial charge in [0.15, 0.2) is 0 Å². The summed E-state index contributed by atoms with van der Waals surface area (Å²) in [6.45, 7) is 2.33. The van der Waals surface area contributed by atoms with Gasteiger partial charge in [0.05, 0.1) is 22.6 Å². The van der Waals surface area contributed by atoms with Crippen LogP contribution in [0, 0.1) is 17.0 Å². The van der Waals surface area contributed by atoms with Gasteiger partial charge in [-0.2, -0.15) is 0 Å². The largest absolute Gasteiger partial charge is 0.497 e. The van der Waals surface area contributed by atoms with Gasteiger partial charge >= 0.3 is 0 Å². The van der Waals surface area contributed by atoms with E-state index in [2.05, 4.69) is 5.32 Å². The van der Waals surface area contributed by atoms with Gasteiger partial charge in [-0.1, -0.05) is 29.8 Å². The predicted molar refractivity (Wildman–Crippen MR) is 151 cm³/mol. The molecule has 0 spiro atoms. The van der Waals surface area contributed by atoms with E-state index in [4.69, 9.17) is 16.3 Å². The van der Waals surface area contributed by atoms with Crippen LogP contribution in [0.5, 0.6) is 5.75 Å². The predicted octanol–water partition coefficient (Wildman–Crippen LogP) is 3.92. The van der Waals surface area contributed by atoms with E-state index in [1.807, 2.05) is 0 Å². The first-order chi connectivity index (χ1) is 18.9. The summed E-state index contributed by atoms with van der Waals surface area (Å²) in [4.78, 5) is 38.1. The van der Waals surface area contributed by atoms with Gasteiger partial charge in [0, 0.05) is 30.2 Å². The fourth-order valence-electron chi connectivity index (χ4n) is 3.93. The standard InChI is InChI=1S/C27H29ClN4O7S/c1-18-5-14-24(15-25(18)32(35)36)40(37,38)31(22-10-12-23(39-4)13-11-22)17-26(33)30(19(2)27(34)29-3)16-20-6-8-21(28)9-7-20/h5-15,19H,16-17H2,1-4H3,(H,29,34)/t19-/m1/s1. The first-order valence-electron chi connectivity index (χ1n) is 12.1. The topological polar surface area (TPSA) is 139 Å². The quantitative estimate of drug-likeness (QED) is 0.264. The molecule has 0 bridgehead atoms. The molecule has 0 unspecified atom stereocenters. The minimum absolute atomic E-state index is 0.00288. The lowest BCUT2D eigenvalue weighted by molar-refractivity contribution is -0.385. The molecule has 1 N–H and O–H groups in total. The smallest absolute Gasteiger partial charge is 0.273 e. The van der Waals surface area contributed by atoms with Crippen molar-refractivity contribution >= 4 is 44.8 Å². The van der Waals surface area contributed by atoms with Crippen LogP contribution in [0.1, 0.15) is 18.1 Å². The zero-order valence-electron chi connectivity index (χ0n) is 22.3. The Morgan fingerprint density at radius 1 is 1.07 bits per heavy atom. The summed E-state index contributed by atoms with van der Waals surface area (Å²) in [6.07, 6.45) is 0. The molecule has 0 radical (unpaired) electrons. The molecule has 0 aliphatic carbocycles. The zero-order valence-corrected chi connectivity index (χ0v) is 23.9. The van der Waals surface area contributed by atoms with Crippen LogP contribution in [0.2, 0.25) is 5.02 Å². The number of ether oxygens (including phenoxy) is 1. The van der Waals surface area contributed by atoms with Crippen molar-refractivity contribution in [2.75, 3.05) is 25.0 Å². The third-order valence-electron chi connectivity index (χ3n) is 6.28. The number of amides is 2. The molecule has 3 rings (SSSR count).